The SMILES string of the molecule is c1cc(-c2nc(-c3ccc4c(c3)-c3cccc5cccc-4c35)ns2)cc(-c2cccc3ccccc23)c1. The van der Waals surface area contributed by atoms with Gasteiger partial charge in [0.15, 0.2) is 5.82 Å². The van der Waals surface area contributed by atoms with Crippen LogP contribution in [0.15, 0.2) is 121 Å². The van der Waals surface area contributed by atoms with Crippen LogP contribution in [0.2, 0.25) is 0 Å². The van der Waals surface area contributed by atoms with E-state index in [1.54, 1.807) is 0 Å². The summed E-state index contributed by atoms with van der Waals surface area (Å²) in [4.78, 5) is 4.98. The van der Waals surface area contributed by atoms with Crippen LogP contribution in [0.5, 0.6) is 0 Å². The summed E-state index contributed by atoms with van der Waals surface area (Å²) >= 11 is 1.46. The van der Waals surface area contributed by atoms with Crippen LogP contribution in [0.1, 0.15) is 0 Å². The summed E-state index contributed by atoms with van der Waals surface area (Å²) in [6.07, 6.45) is 0. The van der Waals surface area contributed by atoms with Crippen molar-refractivity contribution in [3.05, 3.63) is 121 Å². The highest BCUT2D eigenvalue weighted by atomic mass is 32.1. The Morgan fingerprint density at radius 1 is 0.459 bits per heavy atom. The molecule has 0 amide bonds. The molecule has 1 aliphatic carbocycles. The van der Waals surface area contributed by atoms with Crippen LogP contribution in [-0.4, -0.2) is 9.36 Å². The number of hydrogen-bond acceptors (Lipinski definition) is 3. The number of rotatable bonds is 3. The molecule has 0 saturated heterocycles. The number of aromatic nitrogens is 2. The van der Waals surface area contributed by atoms with Gasteiger partial charge in [0.2, 0.25) is 0 Å². The first kappa shape index (κ1) is 20.6. The summed E-state index contributed by atoms with van der Waals surface area (Å²) in [6.45, 7) is 0. The zero-order chi connectivity index (χ0) is 24.3. The molecule has 0 radical (unpaired) electrons. The van der Waals surface area contributed by atoms with E-state index in [0.29, 0.717) is 0 Å². The van der Waals surface area contributed by atoms with Gasteiger partial charge in [-0.05, 0) is 78.6 Å². The number of fused-ring (bicyclic) bond motifs is 4. The first-order chi connectivity index (χ1) is 18.3. The van der Waals surface area contributed by atoms with E-state index in [1.807, 2.05) is 0 Å². The smallest absolute Gasteiger partial charge is 0.173 e. The quantitative estimate of drug-likeness (QED) is 0.247. The maximum Gasteiger partial charge on any atom is 0.173 e. The van der Waals surface area contributed by atoms with E-state index >= 15 is 0 Å². The molecule has 0 N–H and O–H groups in total. The minimum atomic E-state index is 0.779. The van der Waals surface area contributed by atoms with Gasteiger partial charge in [-0.2, -0.15) is 4.37 Å². The topological polar surface area (TPSA) is 25.8 Å². The van der Waals surface area contributed by atoms with Crippen LogP contribution >= 0.6 is 11.5 Å². The van der Waals surface area contributed by atoms with E-state index in [2.05, 4.69) is 121 Å². The lowest BCUT2D eigenvalue weighted by atomic mass is 9.97. The van der Waals surface area contributed by atoms with Gasteiger partial charge in [-0.1, -0.05) is 109 Å². The Hall–Kier alpha value is -4.60. The van der Waals surface area contributed by atoms with Crippen molar-refractivity contribution in [3.63, 3.8) is 0 Å². The first-order valence-corrected chi connectivity index (χ1v) is 13.2. The third kappa shape index (κ3) is 3.18. The molecule has 7 aromatic rings. The third-order valence-electron chi connectivity index (χ3n) is 7.40. The predicted octanol–water partition coefficient (Wildman–Crippen LogP) is 9.49. The number of hydrogen-bond donors (Lipinski definition) is 0. The molecule has 0 spiro atoms. The van der Waals surface area contributed by atoms with Crippen LogP contribution in [0.3, 0.4) is 0 Å². The molecule has 8 rings (SSSR count). The van der Waals surface area contributed by atoms with Crippen LogP contribution in [0.25, 0.3) is 76.9 Å². The maximum atomic E-state index is 4.98. The summed E-state index contributed by atoms with van der Waals surface area (Å²) in [6, 6.07) is 43.4. The zero-order valence-corrected chi connectivity index (χ0v) is 20.7. The van der Waals surface area contributed by atoms with Gasteiger partial charge in [0, 0.05) is 11.1 Å². The van der Waals surface area contributed by atoms with Gasteiger partial charge in [-0.3, -0.25) is 0 Å². The minimum absolute atomic E-state index is 0.779. The molecular weight excluding hydrogens is 468 g/mol. The molecule has 0 fully saturated rings. The van der Waals surface area contributed by atoms with Crippen molar-refractivity contribution < 1.29 is 0 Å². The molecule has 0 saturated carbocycles. The van der Waals surface area contributed by atoms with Crippen LogP contribution < -0.4 is 0 Å². The summed E-state index contributed by atoms with van der Waals surface area (Å²) in [7, 11) is 0. The van der Waals surface area contributed by atoms with Gasteiger partial charge in [-0.25, -0.2) is 4.98 Å². The second-order valence-electron chi connectivity index (χ2n) is 9.50. The van der Waals surface area contributed by atoms with Crippen molar-refractivity contribution in [2.24, 2.45) is 0 Å². The molecule has 37 heavy (non-hydrogen) atoms. The number of benzene rings is 6. The lowest BCUT2D eigenvalue weighted by Gasteiger charge is -2.08. The van der Waals surface area contributed by atoms with Crippen LogP contribution in [-0.2, 0) is 0 Å². The van der Waals surface area contributed by atoms with Crippen molar-refractivity contribution in [2.75, 3.05) is 0 Å². The first-order valence-electron chi connectivity index (χ1n) is 12.4. The van der Waals surface area contributed by atoms with E-state index in [9.17, 15) is 0 Å². The highest BCUT2D eigenvalue weighted by Crippen LogP contribution is 2.48. The Morgan fingerprint density at radius 3 is 2.05 bits per heavy atom. The average molecular weight is 489 g/mol. The van der Waals surface area contributed by atoms with E-state index in [0.717, 1.165) is 22.0 Å². The molecule has 1 aromatic heterocycles. The van der Waals surface area contributed by atoms with Crippen LogP contribution in [0, 0.1) is 0 Å². The lowest BCUT2D eigenvalue weighted by molar-refractivity contribution is 1.33. The Balaban J connectivity index is 1.19. The van der Waals surface area contributed by atoms with Crippen molar-refractivity contribution >= 4 is 33.1 Å². The van der Waals surface area contributed by atoms with E-state index in [-0.39, 0.29) is 0 Å². The lowest BCUT2D eigenvalue weighted by Crippen LogP contribution is -1.85. The summed E-state index contributed by atoms with van der Waals surface area (Å²) in [5.74, 6) is 0.779. The monoisotopic (exact) mass is 488 g/mol. The Morgan fingerprint density at radius 2 is 1.16 bits per heavy atom. The molecule has 2 nitrogen and oxygen atoms in total. The summed E-state index contributed by atoms with van der Waals surface area (Å²) in [5.41, 5.74) is 9.72. The average Bonchev–Trinajstić information content (AvgIpc) is 3.58. The molecule has 172 valence electrons. The van der Waals surface area contributed by atoms with Gasteiger partial charge in [-0.15, -0.1) is 0 Å². The molecular formula is C34H20N2S. The predicted molar refractivity (Wildman–Crippen MR) is 156 cm³/mol. The van der Waals surface area contributed by atoms with Gasteiger partial charge < -0.3 is 0 Å². The fraction of sp³-hybridized carbons (Fsp3) is 0. The minimum Gasteiger partial charge on any atom is -0.215 e. The highest BCUT2D eigenvalue weighted by Gasteiger charge is 2.22. The molecule has 1 aliphatic rings. The third-order valence-corrected chi connectivity index (χ3v) is 8.16. The molecule has 0 unspecified atom stereocenters. The fourth-order valence-corrected chi connectivity index (χ4v) is 6.36. The standard InChI is InChI=1S/C34H20N2S/c1-2-13-26-21(7-1)8-4-14-27(26)23-11-3-12-25(19-23)34-35-33(36-37-34)24-17-18-28-29-15-5-9-22-10-6-16-30(32(22)29)31(28)20-24/h1-20H. The van der Waals surface area contributed by atoms with Gasteiger partial charge in [0.25, 0.3) is 0 Å². The molecule has 0 bridgehead atoms. The normalized spacial score (nSPS) is 11.8. The Kier molecular flexibility index (Phi) is 4.42. The molecule has 0 aliphatic heterocycles. The molecule has 3 heteroatoms. The van der Waals surface area contributed by atoms with Gasteiger partial charge in [0.1, 0.15) is 5.01 Å². The Labute approximate surface area is 218 Å². The van der Waals surface area contributed by atoms with Gasteiger partial charge in [0.05, 0.1) is 0 Å². The molecule has 1 heterocycles. The zero-order valence-electron chi connectivity index (χ0n) is 19.8. The number of nitrogens with zero attached hydrogens (tertiary/aromatic N) is 2. The Bertz CT molecular complexity index is 1990. The summed E-state index contributed by atoms with van der Waals surface area (Å²) < 4.78 is 4.77. The van der Waals surface area contributed by atoms with Crippen molar-refractivity contribution in [1.82, 2.24) is 9.36 Å². The van der Waals surface area contributed by atoms with Crippen molar-refractivity contribution in [1.29, 1.82) is 0 Å². The second kappa shape index (κ2) is 7.95. The fourth-order valence-electron chi connectivity index (χ4n) is 5.69. The van der Waals surface area contributed by atoms with Gasteiger partial charge >= 0.3 is 0 Å². The van der Waals surface area contributed by atoms with E-state index in [1.165, 1.54) is 66.5 Å². The summed E-state index contributed by atoms with van der Waals surface area (Å²) in [5, 5.41) is 6.07. The van der Waals surface area contributed by atoms with E-state index in [4.69, 9.17) is 9.36 Å². The maximum absolute atomic E-state index is 4.98. The van der Waals surface area contributed by atoms with Crippen molar-refractivity contribution in [3.8, 4) is 55.3 Å². The van der Waals surface area contributed by atoms with Crippen LogP contribution in [0.4, 0.5) is 0 Å². The highest BCUT2D eigenvalue weighted by molar-refractivity contribution is 7.09. The second-order valence-corrected chi connectivity index (χ2v) is 10.3. The van der Waals surface area contributed by atoms with E-state index < -0.39 is 0 Å². The molecule has 0 atom stereocenters. The largest absolute Gasteiger partial charge is 0.215 e. The van der Waals surface area contributed by atoms with Crippen molar-refractivity contribution in [2.45, 2.75) is 0 Å². The molecule has 6 aromatic carbocycles.